The fourth-order valence-corrected chi connectivity index (χ4v) is 1.20. The third kappa shape index (κ3) is 1.29. The van der Waals surface area contributed by atoms with Crippen LogP contribution in [0, 0.1) is 5.92 Å². The lowest BCUT2D eigenvalue weighted by molar-refractivity contribution is 0.0270. The average molecular weight is 147 g/mol. The standard InChI is InChI=1S/C6H13NO3/c7-5-3-10-6(2-9)4(5)1-8/h4-6,8-9H,1-3,7H2/t4?,5?,6-/m1/s1. The minimum Gasteiger partial charge on any atom is -0.396 e. The molecular weight excluding hydrogens is 134 g/mol. The predicted octanol–water partition coefficient (Wildman–Crippen LogP) is -1.69. The number of aliphatic hydroxyl groups excluding tert-OH is 2. The molecule has 1 heterocycles. The molecule has 3 atom stereocenters. The van der Waals surface area contributed by atoms with Gasteiger partial charge in [0.1, 0.15) is 0 Å². The van der Waals surface area contributed by atoms with Crippen LogP contribution in [-0.2, 0) is 4.74 Å². The second kappa shape index (κ2) is 3.30. The number of ether oxygens (including phenoxy) is 1. The quantitative estimate of drug-likeness (QED) is 0.436. The zero-order chi connectivity index (χ0) is 7.56. The summed E-state index contributed by atoms with van der Waals surface area (Å²) in [6.45, 7) is 0.377. The van der Waals surface area contributed by atoms with Crippen LogP contribution in [0.5, 0.6) is 0 Å². The first-order valence-electron chi connectivity index (χ1n) is 3.38. The minimum absolute atomic E-state index is 0.00755. The third-order valence-electron chi connectivity index (χ3n) is 1.92. The van der Waals surface area contributed by atoms with E-state index in [4.69, 9.17) is 20.7 Å². The van der Waals surface area contributed by atoms with E-state index in [1.807, 2.05) is 0 Å². The smallest absolute Gasteiger partial charge is 0.0872 e. The molecule has 1 aliphatic rings. The Morgan fingerprint density at radius 1 is 1.40 bits per heavy atom. The summed E-state index contributed by atoms with van der Waals surface area (Å²) >= 11 is 0. The summed E-state index contributed by atoms with van der Waals surface area (Å²) in [6, 6.07) is -0.123. The Morgan fingerprint density at radius 3 is 2.50 bits per heavy atom. The van der Waals surface area contributed by atoms with Crippen molar-refractivity contribution in [3.8, 4) is 0 Å². The highest BCUT2D eigenvalue weighted by atomic mass is 16.5. The number of nitrogens with two attached hydrogens (primary N) is 1. The van der Waals surface area contributed by atoms with Crippen molar-refractivity contribution in [2.75, 3.05) is 19.8 Å². The normalized spacial score (nSPS) is 40.5. The third-order valence-corrected chi connectivity index (χ3v) is 1.92. The van der Waals surface area contributed by atoms with Crippen LogP contribution in [-0.4, -0.2) is 42.2 Å². The van der Waals surface area contributed by atoms with E-state index in [0.717, 1.165) is 0 Å². The molecule has 1 fully saturated rings. The van der Waals surface area contributed by atoms with E-state index in [-0.39, 0.29) is 31.3 Å². The summed E-state index contributed by atoms with van der Waals surface area (Å²) in [5.41, 5.74) is 5.56. The van der Waals surface area contributed by atoms with Crippen molar-refractivity contribution < 1.29 is 14.9 Å². The molecule has 1 saturated heterocycles. The summed E-state index contributed by atoms with van der Waals surface area (Å²) in [4.78, 5) is 0. The van der Waals surface area contributed by atoms with Crippen molar-refractivity contribution in [3.05, 3.63) is 0 Å². The maximum Gasteiger partial charge on any atom is 0.0872 e. The van der Waals surface area contributed by atoms with Gasteiger partial charge in [-0.2, -0.15) is 0 Å². The van der Waals surface area contributed by atoms with Crippen molar-refractivity contribution in [2.24, 2.45) is 11.7 Å². The van der Waals surface area contributed by atoms with Gasteiger partial charge in [0.15, 0.2) is 0 Å². The van der Waals surface area contributed by atoms with E-state index in [9.17, 15) is 0 Å². The van der Waals surface area contributed by atoms with Crippen molar-refractivity contribution in [1.82, 2.24) is 0 Å². The van der Waals surface area contributed by atoms with Crippen LogP contribution in [0.2, 0.25) is 0 Å². The van der Waals surface area contributed by atoms with Gasteiger partial charge in [-0.25, -0.2) is 0 Å². The highest BCUT2D eigenvalue weighted by molar-refractivity contribution is 4.85. The van der Waals surface area contributed by atoms with Crippen molar-refractivity contribution in [3.63, 3.8) is 0 Å². The number of rotatable bonds is 2. The first-order chi connectivity index (χ1) is 4.79. The van der Waals surface area contributed by atoms with Crippen molar-refractivity contribution >= 4 is 0 Å². The molecule has 1 aliphatic heterocycles. The molecule has 0 aliphatic carbocycles. The average Bonchev–Trinajstić information content (AvgIpc) is 2.30. The SMILES string of the molecule is NC1CO[C@H](CO)C1CO. The van der Waals surface area contributed by atoms with E-state index in [1.165, 1.54) is 0 Å². The Balaban J connectivity index is 2.45. The fourth-order valence-electron chi connectivity index (χ4n) is 1.20. The predicted molar refractivity (Wildman–Crippen MR) is 35.4 cm³/mol. The van der Waals surface area contributed by atoms with E-state index in [0.29, 0.717) is 6.61 Å². The number of hydrogen-bond donors (Lipinski definition) is 3. The van der Waals surface area contributed by atoms with Crippen LogP contribution in [0.4, 0.5) is 0 Å². The number of hydrogen-bond acceptors (Lipinski definition) is 4. The maximum atomic E-state index is 8.77. The molecule has 4 N–H and O–H groups in total. The zero-order valence-corrected chi connectivity index (χ0v) is 5.73. The molecule has 4 heteroatoms. The molecular formula is C6H13NO3. The van der Waals surface area contributed by atoms with Crippen LogP contribution in [0.3, 0.4) is 0 Å². The molecule has 10 heavy (non-hydrogen) atoms. The van der Waals surface area contributed by atoms with Gasteiger partial charge in [0.05, 0.1) is 25.9 Å². The highest BCUT2D eigenvalue weighted by Crippen LogP contribution is 2.18. The van der Waals surface area contributed by atoms with Gasteiger partial charge in [0, 0.05) is 12.0 Å². The summed E-state index contributed by atoms with van der Waals surface area (Å²) in [6.07, 6.45) is -0.264. The first-order valence-corrected chi connectivity index (χ1v) is 3.38. The molecule has 0 aromatic rings. The minimum atomic E-state index is -0.264. The monoisotopic (exact) mass is 147 g/mol. The molecule has 0 aromatic carbocycles. The molecule has 4 nitrogen and oxygen atoms in total. The molecule has 2 unspecified atom stereocenters. The Hall–Kier alpha value is -0.160. The zero-order valence-electron chi connectivity index (χ0n) is 5.73. The largest absolute Gasteiger partial charge is 0.396 e. The Kier molecular flexibility index (Phi) is 2.62. The summed E-state index contributed by atoms with van der Waals surface area (Å²) in [5, 5.41) is 17.5. The van der Waals surface area contributed by atoms with Gasteiger partial charge >= 0.3 is 0 Å². The van der Waals surface area contributed by atoms with Crippen LogP contribution < -0.4 is 5.73 Å². The van der Waals surface area contributed by atoms with E-state index in [2.05, 4.69) is 0 Å². The van der Waals surface area contributed by atoms with Gasteiger partial charge in [0.2, 0.25) is 0 Å². The molecule has 0 amide bonds. The number of aliphatic hydroxyl groups is 2. The van der Waals surface area contributed by atoms with Gasteiger partial charge in [-0.15, -0.1) is 0 Å². The van der Waals surface area contributed by atoms with E-state index >= 15 is 0 Å². The van der Waals surface area contributed by atoms with E-state index in [1.54, 1.807) is 0 Å². The molecule has 0 saturated carbocycles. The Morgan fingerprint density at radius 2 is 2.10 bits per heavy atom. The van der Waals surface area contributed by atoms with Gasteiger partial charge in [0.25, 0.3) is 0 Å². The Bertz CT molecular complexity index is 109. The lowest BCUT2D eigenvalue weighted by atomic mass is 9.99. The first kappa shape index (κ1) is 7.94. The molecule has 60 valence electrons. The summed E-state index contributed by atoms with van der Waals surface area (Å²) in [7, 11) is 0. The molecule has 0 aromatic heterocycles. The fraction of sp³-hybridized carbons (Fsp3) is 1.00. The van der Waals surface area contributed by atoms with Gasteiger partial charge in [-0.1, -0.05) is 0 Å². The van der Waals surface area contributed by atoms with Crippen LogP contribution in [0.15, 0.2) is 0 Å². The maximum absolute atomic E-state index is 8.77. The molecule has 0 spiro atoms. The van der Waals surface area contributed by atoms with Crippen LogP contribution in [0.1, 0.15) is 0 Å². The van der Waals surface area contributed by atoms with Gasteiger partial charge < -0.3 is 20.7 Å². The lowest BCUT2D eigenvalue weighted by Gasteiger charge is -2.15. The topological polar surface area (TPSA) is 75.7 Å². The van der Waals surface area contributed by atoms with E-state index < -0.39 is 0 Å². The van der Waals surface area contributed by atoms with Crippen LogP contribution in [0.25, 0.3) is 0 Å². The molecule has 0 radical (unpaired) electrons. The molecule has 0 bridgehead atoms. The van der Waals surface area contributed by atoms with Gasteiger partial charge in [-0.05, 0) is 0 Å². The summed E-state index contributed by atoms with van der Waals surface area (Å²) in [5.74, 6) is -0.0926. The molecule has 1 rings (SSSR count). The van der Waals surface area contributed by atoms with Crippen LogP contribution >= 0.6 is 0 Å². The Labute approximate surface area is 59.6 Å². The highest BCUT2D eigenvalue weighted by Gasteiger charge is 2.33. The second-order valence-corrected chi connectivity index (χ2v) is 2.56. The lowest BCUT2D eigenvalue weighted by Crippen LogP contribution is -2.35. The second-order valence-electron chi connectivity index (χ2n) is 2.56. The van der Waals surface area contributed by atoms with Crippen molar-refractivity contribution in [2.45, 2.75) is 12.1 Å². The summed E-state index contributed by atoms with van der Waals surface area (Å²) < 4.78 is 5.08. The van der Waals surface area contributed by atoms with Crippen molar-refractivity contribution in [1.29, 1.82) is 0 Å². The van der Waals surface area contributed by atoms with Gasteiger partial charge in [-0.3, -0.25) is 0 Å².